The van der Waals surface area contributed by atoms with Crippen LogP contribution < -0.4 is 4.90 Å². The molecule has 5 rings (SSSR count). The molecule has 0 unspecified atom stereocenters. The second-order valence-electron chi connectivity index (χ2n) is 8.04. The van der Waals surface area contributed by atoms with Crippen molar-refractivity contribution in [3.8, 4) is 0 Å². The Morgan fingerprint density at radius 3 is 2.19 bits per heavy atom. The lowest BCUT2D eigenvalue weighted by atomic mass is 9.85. The Morgan fingerprint density at radius 1 is 0.935 bits per heavy atom. The summed E-state index contributed by atoms with van der Waals surface area (Å²) in [5, 5.41) is 0. The summed E-state index contributed by atoms with van der Waals surface area (Å²) in [5.74, 6) is -3.02. The minimum Gasteiger partial charge on any atom is -0.454 e. The van der Waals surface area contributed by atoms with Crippen molar-refractivity contribution in [2.45, 2.75) is 6.42 Å². The highest BCUT2D eigenvalue weighted by molar-refractivity contribution is 6.24. The highest BCUT2D eigenvalue weighted by Crippen LogP contribution is 2.53. The SMILES string of the molecule is O=C(COC(=O)c1ccccc1N1C(=O)[C@@H]2[C@H](C1=O)[C@@H]1C=C[C@H]2C1)c1ccc(F)cc1. The third-order valence-electron chi connectivity index (χ3n) is 6.34. The Balaban J connectivity index is 1.35. The number of rotatable bonds is 5. The number of hydrogen-bond donors (Lipinski definition) is 0. The fourth-order valence-electron chi connectivity index (χ4n) is 4.91. The normalized spacial score (nSPS) is 25.8. The largest absolute Gasteiger partial charge is 0.454 e. The van der Waals surface area contributed by atoms with Crippen LogP contribution in [0.15, 0.2) is 60.7 Å². The van der Waals surface area contributed by atoms with Crippen LogP contribution in [0.1, 0.15) is 27.1 Å². The molecular formula is C24H18FNO5. The van der Waals surface area contributed by atoms with Crippen LogP contribution in [0.3, 0.4) is 0 Å². The molecule has 1 aliphatic heterocycles. The molecule has 2 fully saturated rings. The van der Waals surface area contributed by atoms with Gasteiger partial charge in [0.05, 0.1) is 23.1 Å². The van der Waals surface area contributed by atoms with E-state index >= 15 is 0 Å². The number of benzene rings is 2. The number of carbonyl (C=O) groups is 4. The number of imide groups is 1. The molecule has 0 aromatic heterocycles. The quantitative estimate of drug-likeness (QED) is 0.322. The van der Waals surface area contributed by atoms with Gasteiger partial charge in [-0.05, 0) is 54.7 Å². The van der Waals surface area contributed by atoms with E-state index in [-0.39, 0.29) is 52.3 Å². The van der Waals surface area contributed by atoms with Crippen molar-refractivity contribution in [2.24, 2.45) is 23.7 Å². The van der Waals surface area contributed by atoms with E-state index in [9.17, 15) is 23.6 Å². The second kappa shape index (κ2) is 7.27. The summed E-state index contributed by atoms with van der Waals surface area (Å²) < 4.78 is 18.2. The summed E-state index contributed by atoms with van der Waals surface area (Å²) in [6.45, 7) is -0.542. The third kappa shape index (κ3) is 3.08. The molecule has 1 saturated carbocycles. The zero-order chi connectivity index (χ0) is 21.7. The van der Waals surface area contributed by atoms with Gasteiger partial charge < -0.3 is 4.74 Å². The van der Waals surface area contributed by atoms with Crippen LogP contribution >= 0.6 is 0 Å². The summed E-state index contributed by atoms with van der Waals surface area (Å²) in [5.41, 5.74) is 0.421. The number of amides is 2. The van der Waals surface area contributed by atoms with Crippen LogP contribution in [-0.2, 0) is 14.3 Å². The van der Waals surface area contributed by atoms with E-state index in [4.69, 9.17) is 4.74 Å². The molecule has 3 aliphatic rings. The lowest BCUT2D eigenvalue weighted by Crippen LogP contribution is -2.34. The van der Waals surface area contributed by atoms with Crippen molar-refractivity contribution in [1.29, 1.82) is 0 Å². The number of allylic oxidation sites excluding steroid dienone is 2. The van der Waals surface area contributed by atoms with E-state index in [1.165, 1.54) is 24.3 Å². The van der Waals surface area contributed by atoms with Crippen molar-refractivity contribution < 1.29 is 28.3 Å². The zero-order valence-electron chi connectivity index (χ0n) is 16.4. The number of ketones is 1. The van der Waals surface area contributed by atoms with Crippen LogP contribution in [0.25, 0.3) is 0 Å². The van der Waals surface area contributed by atoms with Crippen LogP contribution in [-0.4, -0.2) is 30.2 Å². The number of hydrogen-bond acceptors (Lipinski definition) is 5. The van der Waals surface area contributed by atoms with Crippen molar-refractivity contribution >= 4 is 29.3 Å². The molecule has 1 heterocycles. The molecule has 2 aromatic rings. The van der Waals surface area contributed by atoms with Gasteiger partial charge in [0.1, 0.15) is 5.82 Å². The van der Waals surface area contributed by atoms with Crippen LogP contribution in [0.5, 0.6) is 0 Å². The lowest BCUT2D eigenvalue weighted by molar-refractivity contribution is -0.123. The molecule has 2 aromatic carbocycles. The molecule has 0 radical (unpaired) electrons. The summed E-state index contributed by atoms with van der Waals surface area (Å²) in [6, 6.07) is 11.1. The van der Waals surface area contributed by atoms with E-state index in [2.05, 4.69) is 0 Å². The Morgan fingerprint density at radius 2 is 1.55 bits per heavy atom. The first kappa shape index (κ1) is 19.4. The molecule has 2 amide bonds. The fourth-order valence-corrected chi connectivity index (χ4v) is 4.91. The smallest absolute Gasteiger partial charge is 0.340 e. The number of Topliss-reactive ketones (excluding diaryl/α,β-unsaturated/α-hetero) is 1. The predicted octanol–water partition coefficient (Wildman–Crippen LogP) is 3.18. The van der Waals surface area contributed by atoms with Crippen LogP contribution in [0, 0.1) is 29.5 Å². The zero-order valence-corrected chi connectivity index (χ0v) is 16.4. The second-order valence-corrected chi connectivity index (χ2v) is 8.04. The summed E-state index contributed by atoms with van der Waals surface area (Å²) in [7, 11) is 0. The van der Waals surface area contributed by atoms with E-state index in [1.807, 2.05) is 12.2 Å². The topological polar surface area (TPSA) is 80.8 Å². The molecule has 31 heavy (non-hydrogen) atoms. The molecule has 6 nitrogen and oxygen atoms in total. The fraction of sp³-hybridized carbons (Fsp3) is 0.250. The van der Waals surface area contributed by atoms with Gasteiger partial charge in [0.15, 0.2) is 12.4 Å². The molecule has 2 aliphatic carbocycles. The number of fused-ring (bicyclic) bond motifs is 5. The Bertz CT molecular complexity index is 1110. The average molecular weight is 419 g/mol. The number of para-hydroxylation sites is 1. The molecule has 2 bridgehead atoms. The molecule has 0 N–H and O–H groups in total. The molecular weight excluding hydrogens is 401 g/mol. The molecule has 1 saturated heterocycles. The Kier molecular flexibility index (Phi) is 4.54. The minimum atomic E-state index is -0.815. The standard InChI is InChI=1S/C24H18FNO5/c25-16-9-7-13(8-10-16)19(27)12-31-24(30)17-3-1-2-4-18(17)26-22(28)20-14-5-6-15(11-14)21(20)23(26)29/h1-10,14-15,20-21H,11-12H2/t14-,15+,20-,21+. The Labute approximate surface area is 177 Å². The number of carbonyl (C=O) groups excluding carboxylic acids is 4. The van der Waals surface area contributed by atoms with Crippen molar-refractivity contribution in [2.75, 3.05) is 11.5 Å². The average Bonchev–Trinajstić information content (AvgIpc) is 3.46. The van der Waals surface area contributed by atoms with Gasteiger partial charge in [-0.15, -0.1) is 0 Å². The summed E-state index contributed by atoms with van der Waals surface area (Å²) >= 11 is 0. The maximum absolute atomic E-state index is 13.1. The van der Waals surface area contributed by atoms with Crippen LogP contribution in [0.2, 0.25) is 0 Å². The summed E-state index contributed by atoms with van der Waals surface area (Å²) in [6.07, 6.45) is 4.82. The van der Waals surface area contributed by atoms with Gasteiger partial charge in [0.2, 0.25) is 11.8 Å². The monoisotopic (exact) mass is 419 g/mol. The van der Waals surface area contributed by atoms with Gasteiger partial charge in [0.25, 0.3) is 0 Å². The number of halogens is 1. The van der Waals surface area contributed by atoms with E-state index < -0.39 is 24.2 Å². The first-order valence-electron chi connectivity index (χ1n) is 10.1. The van der Waals surface area contributed by atoms with E-state index in [0.29, 0.717) is 0 Å². The van der Waals surface area contributed by atoms with Crippen molar-refractivity contribution in [3.05, 3.63) is 77.6 Å². The maximum Gasteiger partial charge on any atom is 0.340 e. The molecule has 7 heteroatoms. The number of ether oxygens (including phenoxy) is 1. The lowest BCUT2D eigenvalue weighted by Gasteiger charge is -2.19. The minimum absolute atomic E-state index is 0.0383. The first-order chi connectivity index (χ1) is 15.0. The van der Waals surface area contributed by atoms with E-state index in [1.54, 1.807) is 12.1 Å². The van der Waals surface area contributed by atoms with Crippen molar-refractivity contribution in [1.82, 2.24) is 0 Å². The number of esters is 1. The highest BCUT2D eigenvalue weighted by atomic mass is 19.1. The number of nitrogens with zero attached hydrogens (tertiary/aromatic N) is 1. The van der Waals surface area contributed by atoms with E-state index in [0.717, 1.165) is 23.5 Å². The molecule has 4 atom stereocenters. The van der Waals surface area contributed by atoms with Gasteiger partial charge >= 0.3 is 5.97 Å². The van der Waals surface area contributed by atoms with Gasteiger partial charge in [-0.2, -0.15) is 0 Å². The summed E-state index contributed by atoms with van der Waals surface area (Å²) in [4.78, 5) is 52.2. The maximum atomic E-state index is 13.1. The van der Waals surface area contributed by atoms with Gasteiger partial charge in [0, 0.05) is 5.56 Å². The third-order valence-corrected chi connectivity index (χ3v) is 6.34. The van der Waals surface area contributed by atoms with Gasteiger partial charge in [-0.1, -0.05) is 24.3 Å². The highest BCUT2D eigenvalue weighted by Gasteiger charge is 2.59. The van der Waals surface area contributed by atoms with Crippen molar-refractivity contribution in [3.63, 3.8) is 0 Å². The Hall–Kier alpha value is -3.61. The molecule has 0 spiro atoms. The first-order valence-corrected chi connectivity index (χ1v) is 10.1. The predicted molar refractivity (Wildman–Crippen MR) is 108 cm³/mol. The van der Waals surface area contributed by atoms with Gasteiger partial charge in [-0.3, -0.25) is 14.4 Å². The van der Waals surface area contributed by atoms with Crippen LogP contribution in [0.4, 0.5) is 10.1 Å². The number of anilines is 1. The van der Waals surface area contributed by atoms with Gasteiger partial charge in [-0.25, -0.2) is 14.1 Å². The molecule has 156 valence electrons.